The zero-order chi connectivity index (χ0) is 11.8. The second-order valence-electron chi connectivity index (χ2n) is 3.63. The first-order valence-electron chi connectivity index (χ1n) is 4.78. The van der Waals surface area contributed by atoms with E-state index in [9.17, 15) is 0 Å². The molecule has 0 aliphatic carbocycles. The van der Waals surface area contributed by atoms with Crippen LogP contribution < -0.4 is 5.73 Å². The molecule has 3 N–H and O–H groups in total. The van der Waals surface area contributed by atoms with Crippen molar-refractivity contribution in [2.24, 2.45) is 11.7 Å². The van der Waals surface area contributed by atoms with Crippen molar-refractivity contribution in [3.05, 3.63) is 16.6 Å². The third-order valence-electron chi connectivity index (χ3n) is 1.49. The lowest BCUT2D eigenvalue weighted by atomic mass is 10.1. The SMILES string of the molecule is CC(=O)O.CC(C)C[C@H](N)c1nccs1. The highest BCUT2D eigenvalue weighted by Crippen LogP contribution is 2.19. The molecular weight excluding hydrogens is 212 g/mol. The van der Waals surface area contributed by atoms with E-state index in [1.165, 1.54) is 0 Å². The van der Waals surface area contributed by atoms with Gasteiger partial charge < -0.3 is 10.8 Å². The number of thiazole rings is 1. The number of hydrogen-bond donors (Lipinski definition) is 2. The van der Waals surface area contributed by atoms with Gasteiger partial charge in [-0.1, -0.05) is 13.8 Å². The number of carboxylic acids is 1. The molecule has 0 unspecified atom stereocenters. The van der Waals surface area contributed by atoms with Gasteiger partial charge in [0.2, 0.25) is 0 Å². The van der Waals surface area contributed by atoms with Crippen molar-refractivity contribution in [3.63, 3.8) is 0 Å². The Labute approximate surface area is 94.1 Å². The van der Waals surface area contributed by atoms with Gasteiger partial charge in [-0.15, -0.1) is 11.3 Å². The minimum atomic E-state index is -0.833. The average molecular weight is 230 g/mol. The molecule has 0 radical (unpaired) electrons. The number of nitrogens with two attached hydrogens (primary N) is 1. The summed E-state index contributed by atoms with van der Waals surface area (Å²) >= 11 is 1.64. The molecule has 0 aliphatic rings. The van der Waals surface area contributed by atoms with E-state index in [0.29, 0.717) is 5.92 Å². The second kappa shape index (κ2) is 7.36. The van der Waals surface area contributed by atoms with E-state index in [1.807, 2.05) is 5.38 Å². The van der Waals surface area contributed by atoms with Gasteiger partial charge in [0.25, 0.3) is 5.97 Å². The Bertz CT molecular complexity index is 269. The number of nitrogens with zero attached hydrogens (tertiary/aromatic N) is 1. The molecule has 5 heteroatoms. The predicted molar refractivity (Wildman–Crippen MR) is 61.8 cm³/mol. The highest BCUT2D eigenvalue weighted by atomic mass is 32.1. The van der Waals surface area contributed by atoms with Gasteiger partial charge in [0.1, 0.15) is 5.01 Å². The molecule has 0 spiro atoms. The number of carbonyl (C=O) groups is 1. The highest BCUT2D eigenvalue weighted by molar-refractivity contribution is 7.09. The van der Waals surface area contributed by atoms with Gasteiger partial charge in [0, 0.05) is 18.5 Å². The normalized spacial score (nSPS) is 11.8. The number of aliphatic carboxylic acids is 1. The lowest BCUT2D eigenvalue weighted by molar-refractivity contribution is -0.134. The topological polar surface area (TPSA) is 76.2 Å². The summed E-state index contributed by atoms with van der Waals surface area (Å²) in [5.41, 5.74) is 5.89. The van der Waals surface area contributed by atoms with E-state index >= 15 is 0 Å². The summed E-state index contributed by atoms with van der Waals surface area (Å²) < 4.78 is 0. The molecule has 1 rings (SSSR count). The molecule has 15 heavy (non-hydrogen) atoms. The first-order chi connectivity index (χ1) is 6.93. The van der Waals surface area contributed by atoms with Crippen LogP contribution in [0.2, 0.25) is 0 Å². The molecule has 0 amide bonds. The standard InChI is InChI=1S/C8H14N2S.C2H4O2/c1-6(2)5-7(9)8-10-3-4-11-8;1-2(3)4/h3-4,6-7H,5,9H2,1-2H3;1H3,(H,3,4)/t7-;/m0./s1. The fourth-order valence-electron chi connectivity index (χ4n) is 1.03. The molecule has 1 atom stereocenters. The number of hydrogen-bond acceptors (Lipinski definition) is 4. The number of carboxylic acid groups (broad SMARTS) is 1. The molecule has 0 aliphatic heterocycles. The van der Waals surface area contributed by atoms with Crippen molar-refractivity contribution in [1.29, 1.82) is 0 Å². The van der Waals surface area contributed by atoms with Crippen molar-refractivity contribution in [3.8, 4) is 0 Å². The van der Waals surface area contributed by atoms with E-state index in [4.69, 9.17) is 15.6 Å². The smallest absolute Gasteiger partial charge is 0.300 e. The van der Waals surface area contributed by atoms with E-state index in [-0.39, 0.29) is 6.04 Å². The van der Waals surface area contributed by atoms with Gasteiger partial charge in [-0.3, -0.25) is 4.79 Å². The minimum absolute atomic E-state index is 0.134. The first-order valence-corrected chi connectivity index (χ1v) is 5.66. The Morgan fingerprint density at radius 1 is 1.67 bits per heavy atom. The largest absolute Gasteiger partial charge is 0.481 e. The molecule has 1 aromatic heterocycles. The number of rotatable bonds is 3. The predicted octanol–water partition coefficient (Wildman–Crippen LogP) is 2.28. The van der Waals surface area contributed by atoms with Crippen LogP contribution in [0.1, 0.15) is 38.2 Å². The molecular formula is C10H18N2O2S. The molecule has 1 heterocycles. The molecule has 0 saturated heterocycles. The maximum atomic E-state index is 9.00. The van der Waals surface area contributed by atoms with E-state index in [2.05, 4.69) is 18.8 Å². The van der Waals surface area contributed by atoms with Crippen LogP contribution in [0.4, 0.5) is 0 Å². The second-order valence-corrected chi connectivity index (χ2v) is 4.55. The van der Waals surface area contributed by atoms with Crippen LogP contribution in [-0.2, 0) is 4.79 Å². The molecule has 0 bridgehead atoms. The Hall–Kier alpha value is -0.940. The fraction of sp³-hybridized carbons (Fsp3) is 0.600. The van der Waals surface area contributed by atoms with Crippen molar-refractivity contribution in [1.82, 2.24) is 4.98 Å². The van der Waals surface area contributed by atoms with Crippen LogP contribution in [0.3, 0.4) is 0 Å². The van der Waals surface area contributed by atoms with Crippen LogP contribution in [-0.4, -0.2) is 16.1 Å². The average Bonchev–Trinajstić information content (AvgIpc) is 2.52. The van der Waals surface area contributed by atoms with E-state index in [1.54, 1.807) is 17.5 Å². The minimum Gasteiger partial charge on any atom is -0.481 e. The van der Waals surface area contributed by atoms with Crippen molar-refractivity contribution in [2.75, 3.05) is 0 Å². The van der Waals surface area contributed by atoms with Gasteiger partial charge >= 0.3 is 0 Å². The van der Waals surface area contributed by atoms with Crippen LogP contribution in [0.25, 0.3) is 0 Å². The van der Waals surface area contributed by atoms with Crippen LogP contribution in [0.5, 0.6) is 0 Å². The van der Waals surface area contributed by atoms with Gasteiger partial charge in [-0.2, -0.15) is 0 Å². The van der Waals surface area contributed by atoms with Crippen molar-refractivity contribution >= 4 is 17.3 Å². The Balaban J connectivity index is 0.000000423. The summed E-state index contributed by atoms with van der Waals surface area (Å²) in [6.45, 7) is 5.43. The zero-order valence-electron chi connectivity index (χ0n) is 9.30. The molecule has 4 nitrogen and oxygen atoms in total. The molecule has 0 aromatic carbocycles. The van der Waals surface area contributed by atoms with Crippen molar-refractivity contribution < 1.29 is 9.90 Å². The third-order valence-corrected chi connectivity index (χ3v) is 2.40. The first kappa shape index (κ1) is 14.1. The van der Waals surface area contributed by atoms with Crippen LogP contribution >= 0.6 is 11.3 Å². The summed E-state index contributed by atoms with van der Waals surface area (Å²) in [5.74, 6) is -0.186. The summed E-state index contributed by atoms with van der Waals surface area (Å²) in [5, 5.41) is 10.4. The molecule has 0 saturated carbocycles. The summed E-state index contributed by atoms with van der Waals surface area (Å²) in [6, 6.07) is 0.134. The number of aromatic nitrogens is 1. The molecule has 86 valence electrons. The highest BCUT2D eigenvalue weighted by Gasteiger charge is 2.09. The van der Waals surface area contributed by atoms with Gasteiger partial charge in [0.15, 0.2) is 0 Å². The lowest BCUT2D eigenvalue weighted by Crippen LogP contribution is -2.12. The summed E-state index contributed by atoms with van der Waals surface area (Å²) in [4.78, 5) is 13.2. The lowest BCUT2D eigenvalue weighted by Gasteiger charge is -2.10. The zero-order valence-corrected chi connectivity index (χ0v) is 10.1. The van der Waals surface area contributed by atoms with Gasteiger partial charge in [-0.25, -0.2) is 4.98 Å². The fourth-order valence-corrected chi connectivity index (χ4v) is 1.68. The maximum Gasteiger partial charge on any atom is 0.300 e. The Kier molecular flexibility index (Phi) is 6.90. The maximum absolute atomic E-state index is 9.00. The van der Waals surface area contributed by atoms with E-state index < -0.39 is 5.97 Å². The molecule has 0 fully saturated rings. The monoisotopic (exact) mass is 230 g/mol. The Morgan fingerprint density at radius 3 is 2.53 bits per heavy atom. The van der Waals surface area contributed by atoms with E-state index in [0.717, 1.165) is 18.4 Å². The Morgan fingerprint density at radius 2 is 2.20 bits per heavy atom. The third kappa shape index (κ3) is 8.08. The summed E-state index contributed by atoms with van der Waals surface area (Å²) in [6.07, 6.45) is 2.83. The van der Waals surface area contributed by atoms with Crippen molar-refractivity contribution in [2.45, 2.75) is 33.2 Å². The van der Waals surface area contributed by atoms with Gasteiger partial charge in [0.05, 0.1) is 6.04 Å². The molecule has 1 aromatic rings. The van der Waals surface area contributed by atoms with Crippen LogP contribution in [0, 0.1) is 5.92 Å². The summed E-state index contributed by atoms with van der Waals surface area (Å²) in [7, 11) is 0. The van der Waals surface area contributed by atoms with Gasteiger partial charge in [-0.05, 0) is 12.3 Å². The van der Waals surface area contributed by atoms with Crippen LogP contribution in [0.15, 0.2) is 11.6 Å². The quantitative estimate of drug-likeness (QED) is 0.835.